The molecule has 0 saturated heterocycles. The zero-order chi connectivity index (χ0) is 14.3. The van der Waals surface area contributed by atoms with Crippen LogP contribution in [0.2, 0.25) is 0 Å². The molecule has 1 rings (SSSR count). The van der Waals surface area contributed by atoms with Gasteiger partial charge in [0.1, 0.15) is 5.75 Å². The predicted molar refractivity (Wildman–Crippen MR) is 75.3 cm³/mol. The number of nitrogens with two attached hydrogens (primary N) is 1. The maximum absolute atomic E-state index is 11.1. The molecule has 0 heterocycles. The molecule has 0 amide bonds. The Morgan fingerprint density at radius 3 is 2.79 bits per heavy atom. The quantitative estimate of drug-likeness (QED) is 0.768. The summed E-state index contributed by atoms with van der Waals surface area (Å²) in [6, 6.07) is 6.15. The van der Waals surface area contributed by atoms with Gasteiger partial charge in [-0.15, -0.1) is 0 Å². The van der Waals surface area contributed by atoms with Crippen LogP contribution in [0.5, 0.6) is 5.75 Å². The van der Waals surface area contributed by atoms with Gasteiger partial charge in [-0.3, -0.25) is 4.79 Å². The van der Waals surface area contributed by atoms with E-state index in [1.165, 1.54) is 7.11 Å². The summed E-state index contributed by atoms with van der Waals surface area (Å²) >= 11 is 0. The fraction of sp³-hybridized carbons (Fsp3) is 0.533. The molecule has 106 valence electrons. The first-order chi connectivity index (χ1) is 9.08. The third-order valence-corrected chi connectivity index (χ3v) is 3.08. The Morgan fingerprint density at radius 2 is 2.16 bits per heavy atom. The molecule has 0 fully saturated rings. The van der Waals surface area contributed by atoms with E-state index in [4.69, 9.17) is 10.5 Å². The second-order valence-electron chi connectivity index (χ2n) is 4.61. The predicted octanol–water partition coefficient (Wildman–Crippen LogP) is 2.22. The molecule has 1 aromatic rings. The molecule has 0 aliphatic rings. The number of hydrogen-bond donors (Lipinski definition) is 1. The summed E-state index contributed by atoms with van der Waals surface area (Å²) in [6.07, 6.45) is 1.96. The van der Waals surface area contributed by atoms with Crippen LogP contribution < -0.4 is 10.5 Å². The van der Waals surface area contributed by atoms with Crippen molar-refractivity contribution >= 4 is 5.97 Å². The van der Waals surface area contributed by atoms with Gasteiger partial charge in [0.25, 0.3) is 0 Å². The molecule has 0 aromatic heterocycles. The SMILES string of the molecule is CCC(N)Cc1cccc(C)c1OCCC(=O)OC. The largest absolute Gasteiger partial charge is 0.492 e. The maximum atomic E-state index is 11.1. The van der Waals surface area contributed by atoms with E-state index in [1.54, 1.807) is 0 Å². The lowest BCUT2D eigenvalue weighted by Crippen LogP contribution is -2.22. The molecule has 2 N–H and O–H groups in total. The first kappa shape index (κ1) is 15.5. The van der Waals surface area contributed by atoms with Crippen molar-refractivity contribution in [2.45, 2.75) is 39.2 Å². The van der Waals surface area contributed by atoms with Gasteiger partial charge in [0.2, 0.25) is 0 Å². The van der Waals surface area contributed by atoms with E-state index in [1.807, 2.05) is 25.1 Å². The zero-order valence-electron chi connectivity index (χ0n) is 11.9. The molecule has 0 aliphatic heterocycles. The number of esters is 1. The number of para-hydroxylation sites is 1. The molecule has 1 unspecified atom stereocenters. The number of rotatable bonds is 7. The van der Waals surface area contributed by atoms with Gasteiger partial charge in [0, 0.05) is 6.04 Å². The zero-order valence-corrected chi connectivity index (χ0v) is 11.9. The minimum atomic E-state index is -0.264. The van der Waals surface area contributed by atoms with Crippen LogP contribution in [-0.4, -0.2) is 25.7 Å². The van der Waals surface area contributed by atoms with Gasteiger partial charge < -0.3 is 15.2 Å². The fourth-order valence-corrected chi connectivity index (χ4v) is 1.85. The second-order valence-corrected chi connectivity index (χ2v) is 4.61. The van der Waals surface area contributed by atoms with Gasteiger partial charge in [-0.05, 0) is 30.9 Å². The summed E-state index contributed by atoms with van der Waals surface area (Å²) in [5.41, 5.74) is 8.15. The van der Waals surface area contributed by atoms with Crippen molar-refractivity contribution in [3.63, 3.8) is 0 Å². The summed E-state index contributed by atoms with van der Waals surface area (Å²) < 4.78 is 10.3. The number of carbonyl (C=O) groups excluding carboxylic acids is 1. The first-order valence-corrected chi connectivity index (χ1v) is 6.62. The lowest BCUT2D eigenvalue weighted by atomic mass is 10.0. The summed E-state index contributed by atoms with van der Waals surface area (Å²) in [7, 11) is 1.38. The molecule has 0 saturated carbocycles. The number of ether oxygens (including phenoxy) is 2. The summed E-state index contributed by atoms with van der Waals surface area (Å²) in [6.45, 7) is 4.39. The van der Waals surface area contributed by atoms with Crippen molar-refractivity contribution in [1.29, 1.82) is 0 Å². The van der Waals surface area contributed by atoms with Crippen LogP contribution in [0.3, 0.4) is 0 Å². The number of benzene rings is 1. The van der Waals surface area contributed by atoms with E-state index in [0.717, 1.165) is 29.7 Å². The molecular formula is C15H23NO3. The second kappa shape index (κ2) is 7.79. The normalized spacial score (nSPS) is 12.0. The van der Waals surface area contributed by atoms with E-state index in [2.05, 4.69) is 11.7 Å². The molecule has 0 spiro atoms. The van der Waals surface area contributed by atoms with E-state index in [-0.39, 0.29) is 18.4 Å². The smallest absolute Gasteiger partial charge is 0.308 e. The van der Waals surface area contributed by atoms with Crippen LogP contribution in [0.25, 0.3) is 0 Å². The molecule has 4 nitrogen and oxygen atoms in total. The maximum Gasteiger partial charge on any atom is 0.308 e. The Bertz CT molecular complexity index is 418. The summed E-state index contributed by atoms with van der Waals surface area (Å²) in [5, 5.41) is 0. The van der Waals surface area contributed by atoms with Crippen molar-refractivity contribution in [3.8, 4) is 5.75 Å². The van der Waals surface area contributed by atoms with E-state index >= 15 is 0 Å². The van der Waals surface area contributed by atoms with Crippen molar-refractivity contribution in [2.75, 3.05) is 13.7 Å². The monoisotopic (exact) mass is 265 g/mol. The minimum absolute atomic E-state index is 0.129. The van der Waals surface area contributed by atoms with Crippen molar-refractivity contribution in [3.05, 3.63) is 29.3 Å². The highest BCUT2D eigenvalue weighted by Gasteiger charge is 2.11. The Hall–Kier alpha value is -1.55. The van der Waals surface area contributed by atoms with Crippen LogP contribution in [0, 0.1) is 6.92 Å². The van der Waals surface area contributed by atoms with Gasteiger partial charge in [-0.25, -0.2) is 0 Å². The van der Waals surface area contributed by atoms with Gasteiger partial charge >= 0.3 is 5.97 Å². The van der Waals surface area contributed by atoms with E-state index in [0.29, 0.717) is 6.61 Å². The molecular weight excluding hydrogens is 242 g/mol. The number of aryl methyl sites for hydroxylation is 1. The molecule has 0 radical (unpaired) electrons. The number of methoxy groups -OCH3 is 1. The van der Waals surface area contributed by atoms with E-state index in [9.17, 15) is 4.79 Å². The Kier molecular flexibility index (Phi) is 6.36. The molecule has 19 heavy (non-hydrogen) atoms. The standard InChI is InChI=1S/C15H23NO3/c1-4-13(16)10-12-7-5-6-11(2)15(12)19-9-8-14(17)18-3/h5-7,13H,4,8-10,16H2,1-3H3. The van der Waals surface area contributed by atoms with Crippen molar-refractivity contribution in [2.24, 2.45) is 5.73 Å². The first-order valence-electron chi connectivity index (χ1n) is 6.62. The highest BCUT2D eigenvalue weighted by atomic mass is 16.5. The Labute approximate surface area is 114 Å². The van der Waals surface area contributed by atoms with Crippen LogP contribution in [0.15, 0.2) is 18.2 Å². The molecule has 0 bridgehead atoms. The Morgan fingerprint density at radius 1 is 1.42 bits per heavy atom. The summed E-state index contributed by atoms with van der Waals surface area (Å²) in [4.78, 5) is 11.1. The topological polar surface area (TPSA) is 61.5 Å². The molecule has 4 heteroatoms. The van der Waals surface area contributed by atoms with Crippen LogP contribution in [0.1, 0.15) is 30.9 Å². The molecule has 1 aromatic carbocycles. The highest BCUT2D eigenvalue weighted by Crippen LogP contribution is 2.25. The van der Waals surface area contributed by atoms with Crippen LogP contribution >= 0.6 is 0 Å². The third kappa shape index (κ3) is 4.91. The third-order valence-electron chi connectivity index (χ3n) is 3.08. The van der Waals surface area contributed by atoms with Crippen LogP contribution in [-0.2, 0) is 16.0 Å². The summed E-state index contributed by atoms with van der Waals surface area (Å²) in [5.74, 6) is 0.579. The molecule has 1 atom stereocenters. The van der Waals surface area contributed by atoms with Crippen LogP contribution in [0.4, 0.5) is 0 Å². The fourth-order valence-electron chi connectivity index (χ4n) is 1.85. The Balaban J connectivity index is 2.71. The van der Waals surface area contributed by atoms with Gasteiger partial charge in [-0.1, -0.05) is 25.1 Å². The lowest BCUT2D eigenvalue weighted by Gasteiger charge is -2.16. The number of hydrogen-bond acceptors (Lipinski definition) is 4. The average molecular weight is 265 g/mol. The molecule has 0 aliphatic carbocycles. The van der Waals surface area contributed by atoms with Crippen molar-refractivity contribution < 1.29 is 14.3 Å². The minimum Gasteiger partial charge on any atom is -0.492 e. The lowest BCUT2D eigenvalue weighted by molar-refractivity contribution is -0.141. The van der Waals surface area contributed by atoms with Crippen molar-refractivity contribution in [1.82, 2.24) is 0 Å². The van der Waals surface area contributed by atoms with E-state index < -0.39 is 0 Å². The van der Waals surface area contributed by atoms with Gasteiger partial charge in [-0.2, -0.15) is 0 Å². The highest BCUT2D eigenvalue weighted by molar-refractivity contribution is 5.69. The number of carbonyl (C=O) groups is 1. The van der Waals surface area contributed by atoms with Gasteiger partial charge in [0.05, 0.1) is 20.1 Å². The average Bonchev–Trinajstić information content (AvgIpc) is 2.41. The van der Waals surface area contributed by atoms with Gasteiger partial charge in [0.15, 0.2) is 0 Å².